The predicted octanol–water partition coefficient (Wildman–Crippen LogP) is 2.65. The highest BCUT2D eigenvalue weighted by Crippen LogP contribution is 2.29. The number of carboxylic acid groups (broad SMARTS) is 1. The molecular formula is C18H18F3N3O3. The molecule has 1 aromatic carbocycles. The second-order valence-electron chi connectivity index (χ2n) is 6.49. The molecule has 0 radical (unpaired) electrons. The molecule has 1 unspecified atom stereocenters. The van der Waals surface area contributed by atoms with Gasteiger partial charge in [-0.05, 0) is 43.9 Å². The van der Waals surface area contributed by atoms with Gasteiger partial charge in [0.25, 0.3) is 5.91 Å². The van der Waals surface area contributed by atoms with Crippen LogP contribution in [0.5, 0.6) is 0 Å². The minimum atomic E-state index is -2.88. The van der Waals surface area contributed by atoms with Crippen LogP contribution in [0.4, 0.5) is 13.2 Å². The van der Waals surface area contributed by atoms with Crippen LogP contribution >= 0.6 is 0 Å². The Bertz CT molecular complexity index is 895. The second-order valence-corrected chi connectivity index (χ2v) is 6.49. The van der Waals surface area contributed by atoms with Crippen LogP contribution in [-0.2, 0) is 17.6 Å². The zero-order valence-corrected chi connectivity index (χ0v) is 14.5. The third-order valence-corrected chi connectivity index (χ3v) is 4.49. The first-order chi connectivity index (χ1) is 12.8. The SMILES string of the molecule is Cc1ccc(-n2nc(C(=O)NC(CC(F)F)C(=O)O)c3c2CCC3)c(F)c1. The van der Waals surface area contributed by atoms with Gasteiger partial charge in [-0.25, -0.2) is 22.6 Å². The Kier molecular flexibility index (Phi) is 5.20. The molecule has 0 saturated carbocycles. The first-order valence-electron chi connectivity index (χ1n) is 8.47. The zero-order valence-electron chi connectivity index (χ0n) is 14.5. The maximum atomic E-state index is 14.4. The summed E-state index contributed by atoms with van der Waals surface area (Å²) in [5.41, 5.74) is 2.12. The fourth-order valence-electron chi connectivity index (χ4n) is 3.23. The molecule has 6 nitrogen and oxygen atoms in total. The molecule has 1 heterocycles. The van der Waals surface area contributed by atoms with Crippen molar-refractivity contribution in [2.75, 3.05) is 0 Å². The van der Waals surface area contributed by atoms with Crippen LogP contribution in [-0.4, -0.2) is 39.2 Å². The van der Waals surface area contributed by atoms with Crippen LogP contribution in [0.2, 0.25) is 0 Å². The summed E-state index contributed by atoms with van der Waals surface area (Å²) in [6.07, 6.45) is -2.03. The summed E-state index contributed by atoms with van der Waals surface area (Å²) in [5, 5.41) is 15.3. The Labute approximate surface area is 153 Å². The van der Waals surface area contributed by atoms with Gasteiger partial charge in [-0.2, -0.15) is 5.10 Å². The van der Waals surface area contributed by atoms with E-state index in [1.165, 1.54) is 10.7 Å². The minimum absolute atomic E-state index is 0.0528. The Balaban J connectivity index is 1.95. The van der Waals surface area contributed by atoms with Crippen molar-refractivity contribution >= 4 is 11.9 Å². The van der Waals surface area contributed by atoms with E-state index < -0.39 is 36.6 Å². The van der Waals surface area contributed by atoms with Crippen molar-refractivity contribution in [2.45, 2.75) is 45.1 Å². The van der Waals surface area contributed by atoms with E-state index in [1.54, 1.807) is 19.1 Å². The van der Waals surface area contributed by atoms with Gasteiger partial charge < -0.3 is 10.4 Å². The first kappa shape index (κ1) is 18.9. The molecule has 1 amide bonds. The van der Waals surface area contributed by atoms with E-state index in [9.17, 15) is 22.8 Å². The number of aliphatic carboxylic acids is 1. The van der Waals surface area contributed by atoms with Crippen molar-refractivity contribution in [3.05, 3.63) is 46.5 Å². The van der Waals surface area contributed by atoms with E-state index in [2.05, 4.69) is 10.4 Å². The van der Waals surface area contributed by atoms with Gasteiger partial charge in [-0.1, -0.05) is 6.07 Å². The number of carboxylic acids is 1. The third kappa shape index (κ3) is 3.81. The Morgan fingerprint density at radius 2 is 2.07 bits per heavy atom. The molecular weight excluding hydrogens is 363 g/mol. The summed E-state index contributed by atoms with van der Waals surface area (Å²) in [4.78, 5) is 23.6. The van der Waals surface area contributed by atoms with Crippen molar-refractivity contribution in [1.82, 2.24) is 15.1 Å². The van der Waals surface area contributed by atoms with Gasteiger partial charge in [0, 0.05) is 17.7 Å². The maximum Gasteiger partial charge on any atom is 0.326 e. The lowest BCUT2D eigenvalue weighted by Gasteiger charge is -2.13. The van der Waals surface area contributed by atoms with Crippen molar-refractivity contribution in [2.24, 2.45) is 0 Å². The number of fused-ring (bicyclic) bond motifs is 1. The van der Waals surface area contributed by atoms with Crippen LogP contribution in [0.25, 0.3) is 5.69 Å². The van der Waals surface area contributed by atoms with Crippen molar-refractivity contribution in [3.8, 4) is 5.69 Å². The van der Waals surface area contributed by atoms with Gasteiger partial charge in [-0.3, -0.25) is 4.79 Å². The molecule has 0 fully saturated rings. The predicted molar refractivity (Wildman–Crippen MR) is 89.8 cm³/mol. The second kappa shape index (κ2) is 7.42. The number of benzene rings is 1. The molecule has 144 valence electrons. The number of rotatable bonds is 6. The Morgan fingerprint density at radius 1 is 1.33 bits per heavy atom. The van der Waals surface area contributed by atoms with Gasteiger partial charge in [0.05, 0.1) is 0 Å². The third-order valence-electron chi connectivity index (χ3n) is 4.49. The zero-order chi connectivity index (χ0) is 19.7. The molecule has 0 bridgehead atoms. The lowest BCUT2D eigenvalue weighted by Crippen LogP contribution is -2.42. The molecule has 0 spiro atoms. The number of carbonyl (C=O) groups excluding carboxylic acids is 1. The molecule has 2 aromatic rings. The van der Waals surface area contributed by atoms with Crippen molar-refractivity contribution in [1.29, 1.82) is 0 Å². The van der Waals surface area contributed by atoms with Gasteiger partial charge in [0.15, 0.2) is 5.69 Å². The highest BCUT2D eigenvalue weighted by molar-refractivity contribution is 5.96. The standard InChI is InChI=1S/C18H18F3N3O3/c1-9-5-6-14(11(19)7-9)24-13-4-2-3-10(13)16(23-24)17(25)22-12(18(26)27)8-15(20)21/h5-7,12,15H,2-4,8H2,1H3,(H,22,25)(H,26,27). The molecule has 0 saturated heterocycles. The highest BCUT2D eigenvalue weighted by atomic mass is 19.3. The lowest BCUT2D eigenvalue weighted by atomic mass is 10.1. The van der Waals surface area contributed by atoms with Crippen LogP contribution in [0.3, 0.4) is 0 Å². The van der Waals surface area contributed by atoms with Gasteiger partial charge in [0.2, 0.25) is 6.43 Å². The van der Waals surface area contributed by atoms with Crippen molar-refractivity contribution in [3.63, 3.8) is 0 Å². The van der Waals surface area contributed by atoms with Crippen LogP contribution in [0, 0.1) is 12.7 Å². The fourth-order valence-corrected chi connectivity index (χ4v) is 3.23. The smallest absolute Gasteiger partial charge is 0.326 e. The average Bonchev–Trinajstić information content (AvgIpc) is 3.16. The summed E-state index contributed by atoms with van der Waals surface area (Å²) in [6.45, 7) is 1.74. The number of aryl methyl sites for hydroxylation is 1. The maximum absolute atomic E-state index is 14.4. The largest absolute Gasteiger partial charge is 0.480 e. The number of alkyl halides is 2. The Hall–Kier alpha value is -2.84. The summed E-state index contributed by atoms with van der Waals surface area (Å²) < 4.78 is 40.8. The molecule has 0 aliphatic heterocycles. The number of amides is 1. The van der Waals surface area contributed by atoms with Crippen LogP contribution in [0.15, 0.2) is 18.2 Å². The van der Waals surface area contributed by atoms with Gasteiger partial charge in [0.1, 0.15) is 17.5 Å². The number of aromatic nitrogens is 2. The summed E-state index contributed by atoms with van der Waals surface area (Å²) >= 11 is 0. The summed E-state index contributed by atoms with van der Waals surface area (Å²) in [7, 11) is 0. The molecule has 1 aromatic heterocycles. The van der Waals surface area contributed by atoms with E-state index >= 15 is 0 Å². The number of nitrogens with one attached hydrogen (secondary N) is 1. The van der Waals surface area contributed by atoms with Crippen LogP contribution in [0.1, 0.15) is 40.2 Å². The number of nitrogens with zero attached hydrogens (tertiary/aromatic N) is 2. The topological polar surface area (TPSA) is 84.2 Å². The molecule has 9 heteroatoms. The van der Waals surface area contributed by atoms with E-state index in [4.69, 9.17) is 5.11 Å². The van der Waals surface area contributed by atoms with Gasteiger partial charge in [-0.15, -0.1) is 0 Å². The molecule has 27 heavy (non-hydrogen) atoms. The molecule has 1 atom stereocenters. The van der Waals surface area contributed by atoms with Gasteiger partial charge >= 0.3 is 5.97 Å². The van der Waals surface area contributed by atoms with E-state index in [0.717, 1.165) is 12.0 Å². The summed E-state index contributed by atoms with van der Waals surface area (Å²) in [6, 6.07) is 2.89. The van der Waals surface area contributed by atoms with E-state index in [1.807, 2.05) is 0 Å². The fraction of sp³-hybridized carbons (Fsp3) is 0.389. The molecule has 1 aliphatic rings. The normalized spacial score (nSPS) is 14.3. The van der Waals surface area contributed by atoms with Crippen molar-refractivity contribution < 1.29 is 27.9 Å². The summed E-state index contributed by atoms with van der Waals surface area (Å²) in [5.74, 6) is -2.91. The number of halogens is 3. The quantitative estimate of drug-likeness (QED) is 0.806. The first-order valence-corrected chi connectivity index (χ1v) is 8.47. The molecule has 1 aliphatic carbocycles. The molecule has 2 N–H and O–H groups in total. The number of carbonyl (C=O) groups is 2. The average molecular weight is 381 g/mol. The lowest BCUT2D eigenvalue weighted by molar-refractivity contribution is -0.140. The highest BCUT2D eigenvalue weighted by Gasteiger charge is 2.31. The monoisotopic (exact) mass is 381 g/mol. The number of hydrogen-bond acceptors (Lipinski definition) is 3. The number of hydrogen-bond donors (Lipinski definition) is 2. The van der Waals surface area contributed by atoms with Crippen LogP contribution < -0.4 is 5.32 Å². The minimum Gasteiger partial charge on any atom is -0.480 e. The van der Waals surface area contributed by atoms with E-state index in [-0.39, 0.29) is 11.4 Å². The van der Waals surface area contributed by atoms with E-state index in [0.29, 0.717) is 24.1 Å². The Morgan fingerprint density at radius 3 is 2.70 bits per heavy atom. The molecule has 3 rings (SSSR count).